The normalized spacial score (nSPS) is 23.9. The van der Waals surface area contributed by atoms with Crippen molar-refractivity contribution < 1.29 is 9.59 Å². The lowest BCUT2D eigenvalue weighted by Crippen LogP contribution is -2.53. The quantitative estimate of drug-likeness (QED) is 0.873. The van der Waals surface area contributed by atoms with E-state index in [9.17, 15) is 9.59 Å². The first-order chi connectivity index (χ1) is 9.65. The Morgan fingerprint density at radius 1 is 1.30 bits per heavy atom. The van der Waals surface area contributed by atoms with Gasteiger partial charge in [0.2, 0.25) is 5.91 Å². The van der Waals surface area contributed by atoms with Crippen molar-refractivity contribution in [3.63, 3.8) is 0 Å². The van der Waals surface area contributed by atoms with E-state index in [1.54, 1.807) is 11.3 Å². The molecule has 2 amide bonds. The largest absolute Gasteiger partial charge is 0.355 e. The van der Waals surface area contributed by atoms with Crippen molar-refractivity contribution in [3.8, 4) is 0 Å². The summed E-state index contributed by atoms with van der Waals surface area (Å²) in [6, 6.07) is 3.90. The molecule has 20 heavy (non-hydrogen) atoms. The molecule has 1 aromatic rings. The molecule has 0 bridgehead atoms. The molecule has 0 aliphatic carbocycles. The molecule has 2 aliphatic heterocycles. The molecule has 0 spiro atoms. The molecule has 5 nitrogen and oxygen atoms in total. The number of nitrogens with one attached hydrogen (secondary N) is 1. The Kier molecular flexibility index (Phi) is 3.76. The summed E-state index contributed by atoms with van der Waals surface area (Å²) >= 11 is 1.55. The lowest BCUT2D eigenvalue weighted by atomic mass is 10.2. The van der Waals surface area contributed by atoms with Gasteiger partial charge in [-0.05, 0) is 25.5 Å². The van der Waals surface area contributed by atoms with Gasteiger partial charge in [-0.3, -0.25) is 14.5 Å². The van der Waals surface area contributed by atoms with Gasteiger partial charge in [0, 0.05) is 37.6 Å². The van der Waals surface area contributed by atoms with E-state index < -0.39 is 0 Å². The van der Waals surface area contributed by atoms with Crippen LogP contribution in [0.3, 0.4) is 0 Å². The Morgan fingerprint density at radius 2 is 2.05 bits per heavy atom. The van der Waals surface area contributed by atoms with Crippen LogP contribution in [0.4, 0.5) is 0 Å². The third-order valence-electron chi connectivity index (χ3n) is 4.01. The molecule has 1 N–H and O–H groups in total. The molecular formula is C14H19N3O2S. The molecule has 1 atom stereocenters. The van der Waals surface area contributed by atoms with Crippen LogP contribution in [-0.4, -0.2) is 60.4 Å². The van der Waals surface area contributed by atoms with Crippen LogP contribution in [-0.2, 0) is 4.79 Å². The zero-order valence-corrected chi connectivity index (χ0v) is 12.4. The second-order valence-corrected chi connectivity index (χ2v) is 6.62. The Morgan fingerprint density at radius 3 is 2.60 bits per heavy atom. The van der Waals surface area contributed by atoms with Crippen LogP contribution < -0.4 is 5.32 Å². The number of carbonyl (C=O) groups excluding carboxylic acids is 2. The number of amides is 2. The second-order valence-electron chi connectivity index (χ2n) is 5.33. The summed E-state index contributed by atoms with van der Waals surface area (Å²) in [5.74, 6) is 0.261. The molecule has 108 valence electrons. The summed E-state index contributed by atoms with van der Waals surface area (Å²) in [5.41, 5.74) is 0. The molecule has 2 fully saturated rings. The van der Waals surface area contributed by atoms with Crippen molar-refractivity contribution in [1.29, 1.82) is 0 Å². The molecule has 0 radical (unpaired) electrons. The lowest BCUT2D eigenvalue weighted by Gasteiger charge is -2.36. The van der Waals surface area contributed by atoms with Crippen LogP contribution >= 0.6 is 11.3 Å². The molecule has 1 unspecified atom stereocenters. The predicted octanol–water partition coefficient (Wildman–Crippen LogP) is 0.703. The third-order valence-corrected chi connectivity index (χ3v) is 5.00. The summed E-state index contributed by atoms with van der Waals surface area (Å²) < 4.78 is 0. The van der Waals surface area contributed by atoms with Gasteiger partial charge in [-0.1, -0.05) is 0 Å². The molecule has 3 rings (SSSR count). The summed E-state index contributed by atoms with van der Waals surface area (Å²) in [6.45, 7) is 5.77. The first-order valence-electron chi connectivity index (χ1n) is 7.02. The Hall–Kier alpha value is -1.40. The fourth-order valence-corrected chi connectivity index (χ4v) is 3.71. The van der Waals surface area contributed by atoms with E-state index in [1.807, 2.05) is 24.0 Å². The third kappa shape index (κ3) is 2.58. The second kappa shape index (κ2) is 5.54. The number of hydrogen-bond donors (Lipinski definition) is 1. The number of hydrogen-bond acceptors (Lipinski definition) is 4. The highest BCUT2D eigenvalue weighted by molar-refractivity contribution is 7.13. The van der Waals surface area contributed by atoms with E-state index >= 15 is 0 Å². The average Bonchev–Trinajstić information content (AvgIpc) is 3.07. The van der Waals surface area contributed by atoms with Gasteiger partial charge in [-0.2, -0.15) is 0 Å². The zero-order chi connectivity index (χ0) is 14.1. The van der Waals surface area contributed by atoms with E-state index in [0.717, 1.165) is 35.8 Å². The van der Waals surface area contributed by atoms with Crippen molar-refractivity contribution in [2.45, 2.75) is 19.4 Å². The van der Waals surface area contributed by atoms with Gasteiger partial charge in [-0.15, -0.1) is 11.3 Å². The molecule has 2 saturated heterocycles. The SMILES string of the molecule is Cc1ccc(C(=O)N2CCN(C3CCNC3=O)CC2)s1. The number of piperazine rings is 1. The molecule has 3 heterocycles. The highest BCUT2D eigenvalue weighted by atomic mass is 32.1. The number of nitrogens with zero attached hydrogens (tertiary/aromatic N) is 2. The minimum absolute atomic E-state index is 0.0104. The van der Waals surface area contributed by atoms with Crippen molar-refractivity contribution in [3.05, 3.63) is 21.9 Å². The first-order valence-corrected chi connectivity index (χ1v) is 7.84. The Labute approximate surface area is 122 Å². The van der Waals surface area contributed by atoms with Crippen LogP contribution in [0, 0.1) is 6.92 Å². The maximum absolute atomic E-state index is 12.3. The zero-order valence-electron chi connectivity index (χ0n) is 11.6. The van der Waals surface area contributed by atoms with Gasteiger partial charge < -0.3 is 10.2 Å². The van der Waals surface area contributed by atoms with Crippen LogP contribution in [0.1, 0.15) is 21.0 Å². The molecule has 0 saturated carbocycles. The number of aryl methyl sites for hydroxylation is 1. The maximum Gasteiger partial charge on any atom is 0.264 e. The minimum Gasteiger partial charge on any atom is -0.355 e. The smallest absolute Gasteiger partial charge is 0.264 e. The van der Waals surface area contributed by atoms with Crippen LogP contribution in [0.2, 0.25) is 0 Å². The van der Waals surface area contributed by atoms with E-state index in [-0.39, 0.29) is 17.9 Å². The monoisotopic (exact) mass is 293 g/mol. The fourth-order valence-electron chi connectivity index (χ4n) is 2.87. The Balaban J connectivity index is 1.58. The highest BCUT2D eigenvalue weighted by Crippen LogP contribution is 2.19. The lowest BCUT2D eigenvalue weighted by molar-refractivity contribution is -0.124. The van der Waals surface area contributed by atoms with Crippen molar-refractivity contribution in [2.24, 2.45) is 0 Å². The average molecular weight is 293 g/mol. The van der Waals surface area contributed by atoms with Crippen LogP contribution in [0.25, 0.3) is 0 Å². The summed E-state index contributed by atoms with van der Waals surface area (Å²) in [4.78, 5) is 30.1. The molecule has 2 aliphatic rings. The number of thiophene rings is 1. The van der Waals surface area contributed by atoms with Gasteiger partial charge in [0.25, 0.3) is 5.91 Å². The van der Waals surface area contributed by atoms with E-state index in [1.165, 1.54) is 0 Å². The van der Waals surface area contributed by atoms with Gasteiger partial charge in [0.15, 0.2) is 0 Å². The standard InChI is InChI=1S/C14H19N3O2S/c1-10-2-3-12(20-10)14(19)17-8-6-16(7-9-17)11-4-5-15-13(11)18/h2-3,11H,4-9H2,1H3,(H,15,18). The minimum atomic E-state index is 0.0104. The van der Waals surface area contributed by atoms with E-state index in [2.05, 4.69) is 10.2 Å². The van der Waals surface area contributed by atoms with Gasteiger partial charge in [-0.25, -0.2) is 0 Å². The van der Waals surface area contributed by atoms with E-state index in [0.29, 0.717) is 13.1 Å². The number of carbonyl (C=O) groups is 2. The van der Waals surface area contributed by atoms with Crippen molar-refractivity contribution in [2.75, 3.05) is 32.7 Å². The van der Waals surface area contributed by atoms with Crippen LogP contribution in [0.15, 0.2) is 12.1 Å². The van der Waals surface area contributed by atoms with Crippen molar-refractivity contribution >= 4 is 23.2 Å². The van der Waals surface area contributed by atoms with E-state index in [4.69, 9.17) is 0 Å². The fraction of sp³-hybridized carbons (Fsp3) is 0.571. The van der Waals surface area contributed by atoms with Gasteiger partial charge >= 0.3 is 0 Å². The van der Waals surface area contributed by atoms with Gasteiger partial charge in [0.1, 0.15) is 0 Å². The molecule has 6 heteroatoms. The maximum atomic E-state index is 12.3. The molecule has 1 aromatic heterocycles. The Bertz CT molecular complexity index is 520. The number of rotatable bonds is 2. The van der Waals surface area contributed by atoms with Gasteiger partial charge in [0.05, 0.1) is 10.9 Å². The van der Waals surface area contributed by atoms with Crippen LogP contribution in [0.5, 0.6) is 0 Å². The highest BCUT2D eigenvalue weighted by Gasteiger charge is 2.33. The molecule has 0 aromatic carbocycles. The van der Waals surface area contributed by atoms with Crippen molar-refractivity contribution in [1.82, 2.24) is 15.1 Å². The topological polar surface area (TPSA) is 52.7 Å². The summed E-state index contributed by atoms with van der Waals surface area (Å²) in [6.07, 6.45) is 0.886. The molecular weight excluding hydrogens is 274 g/mol. The summed E-state index contributed by atoms with van der Waals surface area (Å²) in [7, 11) is 0. The summed E-state index contributed by atoms with van der Waals surface area (Å²) in [5, 5.41) is 2.87. The predicted molar refractivity (Wildman–Crippen MR) is 77.9 cm³/mol. The first kappa shape index (κ1) is 13.6.